The Morgan fingerprint density at radius 3 is 1.46 bits per heavy atom. The lowest BCUT2D eigenvalue weighted by Gasteiger charge is -2.27. The minimum Gasteiger partial charge on any atom is -0.394 e. The third-order valence-corrected chi connectivity index (χ3v) is 9.43. The number of imide groups is 4. The molecule has 6 rings (SSSR count). The number of piperidine rings is 2. The third kappa shape index (κ3) is 9.29. The number of hydrogen-bond acceptors (Lipinski definition) is 14. The van der Waals surface area contributed by atoms with E-state index in [0.717, 1.165) is 27.2 Å². The number of ether oxygens (including phenoxy) is 2. The number of aliphatic hydroxyl groups is 1. The van der Waals surface area contributed by atoms with Crippen LogP contribution in [0.4, 0.5) is 0 Å². The van der Waals surface area contributed by atoms with E-state index in [1.807, 2.05) is 0 Å². The molecule has 4 heterocycles. The molecule has 2 aromatic carbocycles. The van der Waals surface area contributed by atoms with Gasteiger partial charge in [-0.15, -0.1) is 0 Å². The predicted molar refractivity (Wildman–Crippen MR) is 183 cm³/mol. The molecule has 19 heteroatoms. The summed E-state index contributed by atoms with van der Waals surface area (Å²) in [6, 6.07) is 7.78. The fourth-order valence-corrected chi connectivity index (χ4v) is 6.61. The predicted octanol–water partition coefficient (Wildman–Crippen LogP) is -0.738. The minimum atomic E-state index is -3.50. The summed E-state index contributed by atoms with van der Waals surface area (Å²) in [4.78, 5) is 99.0. The standard InChI is InChI=1S/C18H20N2O8S.C17H18N2O6/c1-29(25,26)28-9-8-27-7-6-11-2-3-12-13(10-11)18(24)20(17(12)23)14-4-5-15(21)19-16(14)22;20-6-8-25-7-5-10-1-2-11-12(9-10)17(24)19(16(11)23)13-3-4-14(21)18-15(13)22/h2-3,10,14H,4-9H2,1H3,(H,19,21,22);1-2,9,13,20H,3-8H2,(H,18,21,22). The van der Waals surface area contributed by atoms with Crippen LogP contribution in [-0.2, 0) is 55.8 Å². The molecule has 4 aliphatic rings. The molecule has 2 atom stereocenters. The summed E-state index contributed by atoms with van der Waals surface area (Å²) >= 11 is 0. The normalized spacial score (nSPS) is 19.7. The van der Waals surface area contributed by atoms with Gasteiger partial charge in [-0.05, 0) is 61.1 Å². The summed E-state index contributed by atoms with van der Waals surface area (Å²) in [7, 11) is -3.50. The van der Waals surface area contributed by atoms with E-state index in [2.05, 4.69) is 14.8 Å². The molecule has 8 amide bonds. The minimum absolute atomic E-state index is 0.0574. The first-order valence-corrected chi connectivity index (χ1v) is 18.8. The lowest BCUT2D eigenvalue weighted by molar-refractivity contribution is -0.137. The Bertz CT molecular complexity index is 2000. The summed E-state index contributed by atoms with van der Waals surface area (Å²) in [6.45, 7) is 0.850. The van der Waals surface area contributed by atoms with Crippen LogP contribution in [0.25, 0.3) is 0 Å². The van der Waals surface area contributed by atoms with Gasteiger partial charge in [-0.3, -0.25) is 63.0 Å². The monoisotopic (exact) mass is 770 g/mol. The van der Waals surface area contributed by atoms with Crippen molar-refractivity contribution in [3.63, 3.8) is 0 Å². The van der Waals surface area contributed by atoms with E-state index in [1.165, 1.54) is 6.07 Å². The number of rotatable bonds is 14. The van der Waals surface area contributed by atoms with Crippen LogP contribution in [0.15, 0.2) is 36.4 Å². The van der Waals surface area contributed by atoms with Crippen molar-refractivity contribution in [2.75, 3.05) is 45.9 Å². The van der Waals surface area contributed by atoms with Gasteiger partial charge in [-0.2, -0.15) is 8.42 Å². The Kier molecular flexibility index (Phi) is 12.8. The second-order valence-corrected chi connectivity index (χ2v) is 14.3. The molecule has 54 heavy (non-hydrogen) atoms. The van der Waals surface area contributed by atoms with Crippen LogP contribution in [0, 0.1) is 0 Å². The van der Waals surface area contributed by atoms with E-state index in [-0.39, 0.29) is 81.0 Å². The fourth-order valence-electron chi connectivity index (χ4n) is 6.24. The highest BCUT2D eigenvalue weighted by Crippen LogP contribution is 2.30. The molecule has 0 aromatic heterocycles. The van der Waals surface area contributed by atoms with E-state index in [1.54, 1.807) is 30.3 Å². The molecule has 4 aliphatic heterocycles. The van der Waals surface area contributed by atoms with Gasteiger partial charge in [0, 0.05) is 12.8 Å². The van der Waals surface area contributed by atoms with Gasteiger partial charge in [0.15, 0.2) is 0 Å². The van der Waals surface area contributed by atoms with Gasteiger partial charge >= 0.3 is 0 Å². The fraction of sp³-hybridized carbons (Fsp3) is 0.429. The van der Waals surface area contributed by atoms with Crippen LogP contribution in [0.1, 0.15) is 78.2 Å². The van der Waals surface area contributed by atoms with Gasteiger partial charge in [0.2, 0.25) is 23.6 Å². The average Bonchev–Trinajstić information content (AvgIpc) is 3.51. The maximum absolute atomic E-state index is 12.7. The first-order chi connectivity index (χ1) is 25.7. The maximum Gasteiger partial charge on any atom is 0.264 e. The van der Waals surface area contributed by atoms with E-state index in [9.17, 15) is 46.8 Å². The van der Waals surface area contributed by atoms with Crippen molar-refractivity contribution in [3.8, 4) is 0 Å². The summed E-state index contributed by atoms with van der Waals surface area (Å²) < 4.78 is 36.8. The molecular formula is C35H38N4O14S. The van der Waals surface area contributed by atoms with E-state index in [0.29, 0.717) is 19.4 Å². The topological polar surface area (TPSA) is 249 Å². The summed E-state index contributed by atoms with van der Waals surface area (Å²) in [6.07, 6.45) is 2.32. The summed E-state index contributed by atoms with van der Waals surface area (Å²) in [5.74, 6) is -4.26. The van der Waals surface area contributed by atoms with Gasteiger partial charge in [0.05, 0.1) is 68.2 Å². The second-order valence-electron chi connectivity index (χ2n) is 12.6. The quantitative estimate of drug-likeness (QED) is 0.122. The zero-order valence-electron chi connectivity index (χ0n) is 29.2. The molecule has 0 aliphatic carbocycles. The molecule has 0 radical (unpaired) electrons. The zero-order chi connectivity index (χ0) is 39.2. The Morgan fingerprint density at radius 2 is 1.06 bits per heavy atom. The van der Waals surface area contributed by atoms with Crippen LogP contribution in [0.3, 0.4) is 0 Å². The molecular weight excluding hydrogens is 732 g/mol. The van der Waals surface area contributed by atoms with Gasteiger partial charge in [0.1, 0.15) is 12.1 Å². The van der Waals surface area contributed by atoms with Gasteiger partial charge in [0.25, 0.3) is 33.7 Å². The van der Waals surface area contributed by atoms with Crippen LogP contribution in [0.2, 0.25) is 0 Å². The third-order valence-electron chi connectivity index (χ3n) is 8.84. The summed E-state index contributed by atoms with van der Waals surface area (Å²) in [5.41, 5.74) is 2.51. The number of nitrogens with one attached hydrogen (secondary N) is 2. The van der Waals surface area contributed by atoms with E-state index >= 15 is 0 Å². The summed E-state index contributed by atoms with van der Waals surface area (Å²) in [5, 5.41) is 13.0. The molecule has 2 unspecified atom stereocenters. The smallest absolute Gasteiger partial charge is 0.264 e. The first-order valence-electron chi connectivity index (χ1n) is 17.0. The highest BCUT2D eigenvalue weighted by Gasteiger charge is 2.46. The van der Waals surface area contributed by atoms with E-state index in [4.69, 9.17) is 14.6 Å². The van der Waals surface area contributed by atoms with Gasteiger partial charge in [-0.1, -0.05) is 12.1 Å². The Balaban J connectivity index is 0.000000210. The van der Waals surface area contributed by atoms with Crippen LogP contribution >= 0.6 is 0 Å². The molecule has 2 saturated heterocycles. The van der Waals surface area contributed by atoms with Crippen molar-refractivity contribution in [1.29, 1.82) is 0 Å². The largest absolute Gasteiger partial charge is 0.394 e. The number of aliphatic hydroxyl groups excluding tert-OH is 1. The van der Waals surface area contributed by atoms with Crippen molar-refractivity contribution in [3.05, 3.63) is 69.8 Å². The number of fused-ring (bicyclic) bond motifs is 2. The highest BCUT2D eigenvalue weighted by molar-refractivity contribution is 7.85. The Labute approximate surface area is 309 Å². The Hall–Kier alpha value is -5.21. The molecule has 0 spiro atoms. The number of amides is 8. The van der Waals surface area contributed by atoms with Crippen LogP contribution in [-0.4, -0.2) is 129 Å². The van der Waals surface area contributed by atoms with Crippen LogP contribution < -0.4 is 10.6 Å². The molecule has 2 aromatic rings. The molecule has 2 fully saturated rings. The van der Waals surface area contributed by atoms with Crippen molar-refractivity contribution < 1.29 is 65.5 Å². The second kappa shape index (κ2) is 17.3. The number of benzene rings is 2. The van der Waals surface area contributed by atoms with Gasteiger partial charge < -0.3 is 14.6 Å². The highest BCUT2D eigenvalue weighted by atomic mass is 32.2. The number of nitrogens with zero attached hydrogens (tertiary/aromatic N) is 2. The van der Waals surface area contributed by atoms with Gasteiger partial charge in [-0.25, -0.2) is 0 Å². The SMILES string of the molecule is CS(=O)(=O)OCCOCCc1ccc2c(c1)C(=O)N(C1CCC(=O)NC1=O)C2=O.O=C1CCC(N2C(=O)c3ccc(CCOCCO)cc3C2=O)C(=O)N1. The maximum atomic E-state index is 12.7. The molecule has 0 bridgehead atoms. The van der Waals surface area contributed by atoms with Crippen molar-refractivity contribution >= 4 is 57.4 Å². The lowest BCUT2D eigenvalue weighted by Crippen LogP contribution is -2.54. The molecule has 3 N–H and O–H groups in total. The average molecular weight is 771 g/mol. The number of hydrogen-bond donors (Lipinski definition) is 3. The van der Waals surface area contributed by atoms with Crippen molar-refractivity contribution in [2.24, 2.45) is 0 Å². The van der Waals surface area contributed by atoms with Crippen LogP contribution in [0.5, 0.6) is 0 Å². The first kappa shape index (κ1) is 40.0. The molecule has 288 valence electrons. The number of carbonyl (C=O) groups excluding carboxylic acids is 8. The number of carbonyl (C=O) groups is 8. The molecule has 0 saturated carbocycles. The Morgan fingerprint density at radius 1 is 0.630 bits per heavy atom. The molecule has 18 nitrogen and oxygen atoms in total. The van der Waals surface area contributed by atoms with Crippen molar-refractivity contribution in [1.82, 2.24) is 20.4 Å². The lowest BCUT2D eigenvalue weighted by atomic mass is 10.0. The van der Waals surface area contributed by atoms with Crippen molar-refractivity contribution in [2.45, 2.75) is 50.6 Å². The zero-order valence-corrected chi connectivity index (χ0v) is 30.0. The van der Waals surface area contributed by atoms with E-state index < -0.39 is 69.5 Å².